The van der Waals surface area contributed by atoms with Crippen molar-refractivity contribution in [1.29, 1.82) is 0 Å². The fourth-order valence-electron chi connectivity index (χ4n) is 2.76. The van der Waals surface area contributed by atoms with E-state index in [1.54, 1.807) is 11.0 Å². The number of carbonyl (C=O) groups excluding carboxylic acids is 2. The lowest BCUT2D eigenvalue weighted by Gasteiger charge is -2.17. The molecule has 1 heterocycles. The summed E-state index contributed by atoms with van der Waals surface area (Å²) >= 11 is 6.14. The number of aryl methyl sites for hydroxylation is 2. The Morgan fingerprint density at radius 1 is 1.17 bits per heavy atom. The maximum Gasteiger partial charge on any atom is 0.229 e. The number of benzene rings is 2. The molecule has 2 aromatic rings. The summed E-state index contributed by atoms with van der Waals surface area (Å²) in [7, 11) is 0. The minimum Gasteiger partial charge on any atom is -0.326 e. The van der Waals surface area contributed by atoms with Crippen molar-refractivity contribution >= 4 is 34.8 Å². The Hall–Kier alpha value is -2.33. The molecule has 24 heavy (non-hydrogen) atoms. The molecule has 124 valence electrons. The summed E-state index contributed by atoms with van der Waals surface area (Å²) in [4.78, 5) is 26.3. The predicted octanol–water partition coefficient (Wildman–Crippen LogP) is 3.95. The van der Waals surface area contributed by atoms with Gasteiger partial charge in [-0.1, -0.05) is 35.4 Å². The fourth-order valence-corrected chi connectivity index (χ4v) is 2.94. The van der Waals surface area contributed by atoms with Crippen molar-refractivity contribution in [2.24, 2.45) is 5.92 Å². The molecule has 1 fully saturated rings. The van der Waals surface area contributed by atoms with Crippen LogP contribution in [0.4, 0.5) is 11.4 Å². The Morgan fingerprint density at radius 2 is 1.88 bits per heavy atom. The number of hydrogen-bond acceptors (Lipinski definition) is 2. The van der Waals surface area contributed by atoms with Gasteiger partial charge in [0.2, 0.25) is 11.8 Å². The molecule has 1 saturated heterocycles. The molecule has 1 N–H and O–H groups in total. The number of nitrogens with zero attached hydrogens (tertiary/aromatic N) is 1. The summed E-state index contributed by atoms with van der Waals surface area (Å²) in [5, 5.41) is 3.50. The molecule has 0 bridgehead atoms. The highest BCUT2D eigenvalue weighted by Crippen LogP contribution is 2.29. The summed E-state index contributed by atoms with van der Waals surface area (Å²) in [6.45, 7) is 4.28. The van der Waals surface area contributed by atoms with Crippen LogP contribution >= 0.6 is 11.6 Å². The first-order valence-corrected chi connectivity index (χ1v) is 8.26. The van der Waals surface area contributed by atoms with Crippen molar-refractivity contribution in [2.45, 2.75) is 20.3 Å². The zero-order chi connectivity index (χ0) is 17.3. The first-order valence-electron chi connectivity index (χ1n) is 7.88. The van der Waals surface area contributed by atoms with Crippen LogP contribution in [0.25, 0.3) is 0 Å². The van der Waals surface area contributed by atoms with E-state index in [1.165, 1.54) is 0 Å². The predicted molar refractivity (Wildman–Crippen MR) is 96.5 cm³/mol. The molecule has 2 amide bonds. The van der Waals surface area contributed by atoms with Gasteiger partial charge in [0.15, 0.2) is 0 Å². The summed E-state index contributed by atoms with van der Waals surface area (Å²) in [5.41, 5.74) is 3.57. The Morgan fingerprint density at radius 3 is 2.54 bits per heavy atom. The average Bonchev–Trinajstić information content (AvgIpc) is 2.94. The quantitative estimate of drug-likeness (QED) is 0.918. The molecular formula is C19H19ClN2O2. The van der Waals surface area contributed by atoms with Gasteiger partial charge in [-0.3, -0.25) is 9.59 Å². The minimum absolute atomic E-state index is 0.0565. The van der Waals surface area contributed by atoms with E-state index in [4.69, 9.17) is 11.6 Å². The summed E-state index contributed by atoms with van der Waals surface area (Å²) < 4.78 is 0. The number of carbonyl (C=O) groups is 2. The van der Waals surface area contributed by atoms with Crippen LogP contribution in [0.1, 0.15) is 17.5 Å². The number of amides is 2. The summed E-state index contributed by atoms with van der Waals surface area (Å²) in [6.07, 6.45) is 0.211. The van der Waals surface area contributed by atoms with Crippen molar-refractivity contribution in [3.63, 3.8) is 0 Å². The first-order chi connectivity index (χ1) is 11.4. The van der Waals surface area contributed by atoms with E-state index in [0.29, 0.717) is 11.6 Å². The molecule has 1 aliphatic rings. The van der Waals surface area contributed by atoms with Crippen LogP contribution in [0.5, 0.6) is 0 Å². The van der Waals surface area contributed by atoms with E-state index < -0.39 is 0 Å². The Bertz CT molecular complexity index is 786. The van der Waals surface area contributed by atoms with Gasteiger partial charge in [-0.2, -0.15) is 0 Å². The van der Waals surface area contributed by atoms with Crippen LogP contribution in [-0.4, -0.2) is 18.4 Å². The second-order valence-electron chi connectivity index (χ2n) is 6.19. The van der Waals surface area contributed by atoms with Gasteiger partial charge in [-0.15, -0.1) is 0 Å². The van der Waals surface area contributed by atoms with Crippen LogP contribution in [0.2, 0.25) is 5.02 Å². The normalized spacial score (nSPS) is 17.2. The van der Waals surface area contributed by atoms with Gasteiger partial charge in [0.1, 0.15) is 0 Å². The summed E-state index contributed by atoms with van der Waals surface area (Å²) in [6, 6.07) is 13.1. The standard InChI is InChI=1S/C19H19ClN2O2/c1-12-3-6-15(7-4-12)21-19(24)14-9-18(23)22(11-14)16-8-5-13(2)17(20)10-16/h3-8,10,14H,9,11H2,1-2H3,(H,21,24). The molecule has 0 aromatic heterocycles. The molecular weight excluding hydrogens is 324 g/mol. The molecule has 2 aromatic carbocycles. The van der Waals surface area contributed by atoms with E-state index in [1.807, 2.05) is 50.2 Å². The SMILES string of the molecule is Cc1ccc(NC(=O)C2CC(=O)N(c3ccc(C)c(Cl)c3)C2)cc1. The van der Waals surface area contributed by atoms with Gasteiger partial charge in [0.25, 0.3) is 0 Å². The van der Waals surface area contributed by atoms with Gasteiger partial charge in [0.05, 0.1) is 5.92 Å². The average molecular weight is 343 g/mol. The third kappa shape index (κ3) is 3.44. The lowest BCUT2D eigenvalue weighted by Crippen LogP contribution is -2.28. The highest BCUT2D eigenvalue weighted by atomic mass is 35.5. The number of nitrogens with one attached hydrogen (secondary N) is 1. The maximum atomic E-state index is 12.4. The largest absolute Gasteiger partial charge is 0.326 e. The second kappa shape index (κ2) is 6.65. The van der Waals surface area contributed by atoms with Gasteiger partial charge in [0, 0.05) is 29.4 Å². The van der Waals surface area contributed by atoms with Gasteiger partial charge in [-0.25, -0.2) is 0 Å². The molecule has 5 heteroatoms. The molecule has 0 spiro atoms. The van der Waals surface area contributed by atoms with Crippen LogP contribution in [0.15, 0.2) is 42.5 Å². The molecule has 4 nitrogen and oxygen atoms in total. The van der Waals surface area contributed by atoms with Crippen molar-refractivity contribution in [3.05, 3.63) is 58.6 Å². The van der Waals surface area contributed by atoms with Crippen molar-refractivity contribution < 1.29 is 9.59 Å². The molecule has 0 radical (unpaired) electrons. The molecule has 1 atom stereocenters. The molecule has 0 saturated carbocycles. The summed E-state index contributed by atoms with van der Waals surface area (Å²) in [5.74, 6) is -0.550. The highest BCUT2D eigenvalue weighted by Gasteiger charge is 2.35. The van der Waals surface area contributed by atoms with Crippen LogP contribution in [-0.2, 0) is 9.59 Å². The van der Waals surface area contributed by atoms with E-state index in [0.717, 1.165) is 22.5 Å². The minimum atomic E-state index is -0.362. The van der Waals surface area contributed by atoms with Crippen LogP contribution in [0, 0.1) is 19.8 Å². The van der Waals surface area contributed by atoms with Gasteiger partial charge in [-0.05, 0) is 43.7 Å². The zero-order valence-electron chi connectivity index (χ0n) is 13.7. The lowest BCUT2D eigenvalue weighted by atomic mass is 10.1. The van der Waals surface area contributed by atoms with Crippen molar-refractivity contribution in [1.82, 2.24) is 0 Å². The molecule has 3 rings (SSSR count). The number of rotatable bonds is 3. The van der Waals surface area contributed by atoms with Crippen LogP contribution < -0.4 is 10.2 Å². The monoisotopic (exact) mass is 342 g/mol. The second-order valence-corrected chi connectivity index (χ2v) is 6.60. The third-order valence-corrected chi connectivity index (χ3v) is 4.69. The Balaban J connectivity index is 1.70. The van der Waals surface area contributed by atoms with Crippen molar-refractivity contribution in [3.8, 4) is 0 Å². The molecule has 0 aliphatic carbocycles. The van der Waals surface area contributed by atoms with Gasteiger partial charge < -0.3 is 10.2 Å². The number of halogens is 1. The van der Waals surface area contributed by atoms with Gasteiger partial charge >= 0.3 is 0 Å². The van der Waals surface area contributed by atoms with Crippen molar-refractivity contribution in [2.75, 3.05) is 16.8 Å². The lowest BCUT2D eigenvalue weighted by molar-refractivity contribution is -0.122. The first kappa shape index (κ1) is 16.5. The molecule has 1 aliphatic heterocycles. The van der Waals surface area contributed by atoms with E-state index in [-0.39, 0.29) is 24.2 Å². The van der Waals surface area contributed by atoms with Crippen LogP contribution in [0.3, 0.4) is 0 Å². The number of hydrogen-bond donors (Lipinski definition) is 1. The fraction of sp³-hybridized carbons (Fsp3) is 0.263. The Kier molecular flexibility index (Phi) is 4.58. The smallest absolute Gasteiger partial charge is 0.229 e. The Labute approximate surface area is 146 Å². The number of anilines is 2. The zero-order valence-corrected chi connectivity index (χ0v) is 14.4. The van der Waals surface area contributed by atoms with E-state index in [9.17, 15) is 9.59 Å². The molecule has 1 unspecified atom stereocenters. The highest BCUT2D eigenvalue weighted by molar-refractivity contribution is 6.31. The topological polar surface area (TPSA) is 49.4 Å². The van der Waals surface area contributed by atoms with E-state index in [2.05, 4.69) is 5.32 Å². The third-order valence-electron chi connectivity index (χ3n) is 4.28. The maximum absolute atomic E-state index is 12.4. The van der Waals surface area contributed by atoms with E-state index >= 15 is 0 Å².